The molecular formula is C22H26N4O2. The quantitative estimate of drug-likeness (QED) is 0.531. The second-order valence-electron chi connectivity index (χ2n) is 6.86. The number of amides is 2. The van der Waals surface area contributed by atoms with Gasteiger partial charge in [0.15, 0.2) is 0 Å². The Morgan fingerprint density at radius 1 is 1.04 bits per heavy atom. The van der Waals surface area contributed by atoms with E-state index in [0.717, 1.165) is 24.1 Å². The maximum Gasteiger partial charge on any atom is 0.269 e. The van der Waals surface area contributed by atoms with Crippen LogP contribution in [-0.4, -0.2) is 24.4 Å². The molecule has 2 aromatic carbocycles. The molecule has 0 aliphatic heterocycles. The number of anilines is 1. The molecule has 6 nitrogen and oxygen atoms in total. The van der Waals surface area contributed by atoms with Crippen molar-refractivity contribution in [1.82, 2.24) is 10.6 Å². The summed E-state index contributed by atoms with van der Waals surface area (Å²) in [5.74, 6) is -0.364. The zero-order chi connectivity index (χ0) is 19.9. The van der Waals surface area contributed by atoms with Gasteiger partial charge in [-0.1, -0.05) is 30.3 Å². The number of carbonyl (C=O) groups excluding carboxylic acids is 2. The van der Waals surface area contributed by atoms with Crippen molar-refractivity contribution >= 4 is 17.5 Å². The molecule has 1 saturated carbocycles. The molecule has 1 fully saturated rings. The van der Waals surface area contributed by atoms with Gasteiger partial charge in [0, 0.05) is 36.0 Å². The largest absolute Gasteiger partial charge is 0.393 e. The second kappa shape index (κ2) is 9.08. The lowest BCUT2D eigenvalue weighted by molar-refractivity contribution is -0.117. The summed E-state index contributed by atoms with van der Waals surface area (Å²) in [6, 6.07) is 17.2. The van der Waals surface area contributed by atoms with Crippen LogP contribution in [0, 0.1) is 0 Å². The van der Waals surface area contributed by atoms with Crippen LogP contribution in [0.1, 0.15) is 35.7 Å². The third-order valence-corrected chi connectivity index (χ3v) is 4.49. The molecule has 2 aromatic rings. The van der Waals surface area contributed by atoms with E-state index in [1.54, 1.807) is 12.1 Å². The molecule has 0 aromatic heterocycles. The highest BCUT2D eigenvalue weighted by Gasteiger charge is 2.25. The van der Waals surface area contributed by atoms with E-state index in [0.29, 0.717) is 24.2 Å². The van der Waals surface area contributed by atoms with Gasteiger partial charge in [0.2, 0.25) is 0 Å². The minimum absolute atomic E-state index is 0.113. The molecule has 146 valence electrons. The van der Waals surface area contributed by atoms with Crippen molar-refractivity contribution in [1.29, 1.82) is 0 Å². The number of benzene rings is 2. The minimum Gasteiger partial charge on any atom is -0.393 e. The lowest BCUT2D eigenvalue weighted by atomic mass is 10.1. The van der Waals surface area contributed by atoms with E-state index in [4.69, 9.17) is 5.73 Å². The lowest BCUT2D eigenvalue weighted by Crippen LogP contribution is -2.32. The van der Waals surface area contributed by atoms with Crippen LogP contribution in [-0.2, 0) is 11.2 Å². The Balaban J connectivity index is 1.80. The van der Waals surface area contributed by atoms with Crippen molar-refractivity contribution in [2.45, 2.75) is 32.2 Å². The maximum absolute atomic E-state index is 12.4. The molecule has 0 saturated heterocycles. The third-order valence-electron chi connectivity index (χ3n) is 4.49. The number of rotatable bonds is 8. The smallest absolute Gasteiger partial charge is 0.269 e. The first-order valence-electron chi connectivity index (χ1n) is 9.55. The predicted molar refractivity (Wildman–Crippen MR) is 111 cm³/mol. The molecule has 1 aliphatic carbocycles. The zero-order valence-corrected chi connectivity index (χ0v) is 16.0. The zero-order valence-electron chi connectivity index (χ0n) is 16.0. The lowest BCUT2D eigenvalue weighted by Gasteiger charge is -2.15. The van der Waals surface area contributed by atoms with E-state index in [2.05, 4.69) is 16.0 Å². The summed E-state index contributed by atoms with van der Waals surface area (Å²) >= 11 is 0. The van der Waals surface area contributed by atoms with Crippen LogP contribution in [0.4, 0.5) is 5.69 Å². The summed E-state index contributed by atoms with van der Waals surface area (Å²) in [7, 11) is 0. The monoisotopic (exact) mass is 378 g/mol. The van der Waals surface area contributed by atoms with Crippen LogP contribution in [0.2, 0.25) is 0 Å². The van der Waals surface area contributed by atoms with Crippen molar-refractivity contribution in [3.63, 3.8) is 0 Å². The van der Waals surface area contributed by atoms with Gasteiger partial charge in [-0.25, -0.2) is 0 Å². The van der Waals surface area contributed by atoms with Crippen LogP contribution >= 0.6 is 0 Å². The molecule has 6 heteroatoms. The highest BCUT2D eigenvalue weighted by Crippen LogP contribution is 2.20. The number of hydrogen-bond acceptors (Lipinski definition) is 4. The first kappa shape index (κ1) is 19.5. The number of nitrogens with two attached hydrogens (primary N) is 1. The van der Waals surface area contributed by atoms with E-state index in [-0.39, 0.29) is 23.6 Å². The Kier molecular flexibility index (Phi) is 6.32. The molecular weight excluding hydrogens is 352 g/mol. The van der Waals surface area contributed by atoms with Gasteiger partial charge in [-0.3, -0.25) is 9.59 Å². The first-order chi connectivity index (χ1) is 13.6. The fourth-order valence-corrected chi connectivity index (χ4v) is 2.78. The summed E-state index contributed by atoms with van der Waals surface area (Å²) < 4.78 is 0. The molecule has 5 N–H and O–H groups in total. The highest BCUT2D eigenvalue weighted by molar-refractivity contribution is 5.95. The summed E-state index contributed by atoms with van der Waals surface area (Å²) in [5, 5.41) is 8.96. The number of nitrogens with one attached hydrogen (secondary N) is 3. The normalized spacial score (nSPS) is 14.0. The predicted octanol–water partition coefficient (Wildman–Crippen LogP) is 2.54. The number of carbonyl (C=O) groups is 2. The fraction of sp³-hybridized carbons (Fsp3) is 0.273. The molecule has 3 rings (SSSR count). The molecule has 0 radical (unpaired) electrons. The van der Waals surface area contributed by atoms with Gasteiger partial charge in [0.05, 0.1) is 0 Å². The summed E-state index contributed by atoms with van der Waals surface area (Å²) in [6.45, 7) is 2.46. The molecule has 0 atom stereocenters. The Morgan fingerprint density at radius 2 is 1.71 bits per heavy atom. The van der Waals surface area contributed by atoms with Gasteiger partial charge in [0.25, 0.3) is 11.8 Å². The van der Waals surface area contributed by atoms with Crippen molar-refractivity contribution in [3.8, 4) is 0 Å². The first-order valence-corrected chi connectivity index (χ1v) is 9.55. The molecule has 2 amide bonds. The third kappa shape index (κ3) is 5.36. The Labute approximate surface area is 165 Å². The fourth-order valence-electron chi connectivity index (χ4n) is 2.78. The molecule has 1 aliphatic rings. The van der Waals surface area contributed by atoms with Crippen molar-refractivity contribution < 1.29 is 9.59 Å². The Morgan fingerprint density at radius 3 is 2.32 bits per heavy atom. The molecule has 0 heterocycles. The summed E-state index contributed by atoms with van der Waals surface area (Å²) in [6.07, 6.45) is 2.51. The SMILES string of the molecule is CCNC(=O)c1ccc(N/C(Cc2ccccc2)=C(\N)C(=O)NC2CC2)cc1. The molecule has 0 spiro atoms. The van der Waals surface area contributed by atoms with E-state index in [9.17, 15) is 9.59 Å². The van der Waals surface area contributed by atoms with Gasteiger partial charge in [-0.2, -0.15) is 0 Å². The number of hydrogen-bond donors (Lipinski definition) is 4. The van der Waals surface area contributed by atoms with Crippen LogP contribution in [0.3, 0.4) is 0 Å². The topological polar surface area (TPSA) is 96.2 Å². The van der Waals surface area contributed by atoms with E-state index >= 15 is 0 Å². The standard InChI is InChI=1S/C22H26N4O2/c1-2-24-21(27)16-8-10-17(11-9-16)25-19(14-15-6-4-3-5-7-15)20(23)22(28)26-18-12-13-18/h3-11,18,25H,2,12-14,23H2,1H3,(H,24,27)(H,26,28)/b20-19-. The van der Waals surface area contributed by atoms with Gasteiger partial charge in [-0.15, -0.1) is 0 Å². The van der Waals surface area contributed by atoms with Gasteiger partial charge >= 0.3 is 0 Å². The minimum atomic E-state index is -0.250. The van der Waals surface area contributed by atoms with Crippen LogP contribution in [0.5, 0.6) is 0 Å². The van der Waals surface area contributed by atoms with E-state index in [1.165, 1.54) is 0 Å². The summed E-state index contributed by atoms with van der Waals surface area (Å²) in [4.78, 5) is 24.4. The van der Waals surface area contributed by atoms with Crippen LogP contribution in [0.15, 0.2) is 66.0 Å². The van der Waals surface area contributed by atoms with E-state index in [1.807, 2.05) is 49.4 Å². The molecule has 28 heavy (non-hydrogen) atoms. The Hall–Kier alpha value is -3.28. The maximum atomic E-state index is 12.4. The van der Waals surface area contributed by atoms with Crippen LogP contribution < -0.4 is 21.7 Å². The molecule has 0 unspecified atom stereocenters. The van der Waals surface area contributed by atoms with Crippen molar-refractivity contribution in [2.75, 3.05) is 11.9 Å². The van der Waals surface area contributed by atoms with Gasteiger partial charge in [0.1, 0.15) is 5.70 Å². The summed E-state index contributed by atoms with van der Waals surface area (Å²) in [5.41, 5.74) is 9.41. The van der Waals surface area contributed by atoms with Crippen LogP contribution in [0.25, 0.3) is 0 Å². The van der Waals surface area contributed by atoms with Crippen molar-refractivity contribution in [2.24, 2.45) is 5.73 Å². The van der Waals surface area contributed by atoms with Gasteiger partial charge in [-0.05, 0) is 49.6 Å². The molecule has 0 bridgehead atoms. The Bertz CT molecular complexity index is 856. The van der Waals surface area contributed by atoms with E-state index < -0.39 is 0 Å². The second-order valence-corrected chi connectivity index (χ2v) is 6.86. The number of allylic oxidation sites excluding steroid dienone is 1. The average molecular weight is 378 g/mol. The average Bonchev–Trinajstić information content (AvgIpc) is 3.52. The highest BCUT2D eigenvalue weighted by atomic mass is 16.2. The van der Waals surface area contributed by atoms with Gasteiger partial charge < -0.3 is 21.7 Å². The van der Waals surface area contributed by atoms with Crippen molar-refractivity contribution in [3.05, 3.63) is 77.1 Å².